The van der Waals surface area contributed by atoms with E-state index < -0.39 is 0 Å². The Morgan fingerprint density at radius 2 is 1.92 bits per heavy atom. The van der Waals surface area contributed by atoms with E-state index in [4.69, 9.17) is 16.7 Å². The fourth-order valence-corrected chi connectivity index (χ4v) is 2.60. The van der Waals surface area contributed by atoms with Crippen LogP contribution in [0.15, 0.2) is 54.6 Å². The number of aromatic nitrogens is 1. The van der Waals surface area contributed by atoms with Gasteiger partial charge in [-0.3, -0.25) is 4.79 Å². The molecule has 2 aromatic carbocycles. The van der Waals surface area contributed by atoms with Crippen molar-refractivity contribution in [3.05, 3.63) is 65.2 Å². The molecule has 24 heavy (non-hydrogen) atoms. The minimum Gasteiger partial charge on any atom is -0.394 e. The molecule has 2 N–H and O–H groups in total. The predicted octanol–water partition coefficient (Wildman–Crippen LogP) is 3.67. The van der Waals surface area contributed by atoms with E-state index in [-0.39, 0.29) is 18.6 Å². The number of fused-ring (bicyclic) bond motifs is 1. The van der Waals surface area contributed by atoms with Crippen molar-refractivity contribution in [3.8, 4) is 11.3 Å². The Balaban J connectivity index is 2.12. The Morgan fingerprint density at radius 1 is 1.21 bits per heavy atom. The van der Waals surface area contributed by atoms with Gasteiger partial charge >= 0.3 is 0 Å². The summed E-state index contributed by atoms with van der Waals surface area (Å²) in [6, 6.07) is 16.3. The van der Waals surface area contributed by atoms with Gasteiger partial charge in [-0.1, -0.05) is 41.9 Å². The number of benzene rings is 2. The molecule has 1 amide bonds. The normalized spacial score (nSPS) is 12.1. The zero-order valence-corrected chi connectivity index (χ0v) is 13.9. The maximum Gasteiger partial charge on any atom is 0.252 e. The summed E-state index contributed by atoms with van der Waals surface area (Å²) in [6.45, 7) is 1.64. The molecule has 0 aliphatic carbocycles. The molecule has 4 nitrogen and oxygen atoms in total. The van der Waals surface area contributed by atoms with Crippen molar-refractivity contribution in [2.75, 3.05) is 6.61 Å². The first-order chi connectivity index (χ1) is 11.6. The zero-order valence-electron chi connectivity index (χ0n) is 13.2. The van der Waals surface area contributed by atoms with Crippen LogP contribution in [0.1, 0.15) is 17.3 Å². The summed E-state index contributed by atoms with van der Waals surface area (Å²) in [5, 5.41) is 13.4. The number of aliphatic hydroxyl groups excluding tert-OH is 1. The number of hydrogen-bond donors (Lipinski definition) is 2. The topological polar surface area (TPSA) is 62.2 Å². The van der Waals surface area contributed by atoms with Crippen molar-refractivity contribution in [2.24, 2.45) is 0 Å². The number of amides is 1. The molecule has 0 radical (unpaired) electrons. The second-order valence-electron chi connectivity index (χ2n) is 5.64. The molecular formula is C19H17ClN2O2. The minimum absolute atomic E-state index is 0.112. The highest BCUT2D eigenvalue weighted by molar-refractivity contribution is 6.30. The first kappa shape index (κ1) is 16.4. The van der Waals surface area contributed by atoms with Crippen LogP contribution in [0.3, 0.4) is 0 Å². The van der Waals surface area contributed by atoms with Gasteiger partial charge in [0.1, 0.15) is 0 Å². The highest BCUT2D eigenvalue weighted by Crippen LogP contribution is 2.26. The summed E-state index contributed by atoms with van der Waals surface area (Å²) in [5.74, 6) is -0.231. The third-order valence-corrected chi connectivity index (χ3v) is 4.00. The van der Waals surface area contributed by atoms with Gasteiger partial charge in [-0.15, -0.1) is 0 Å². The highest BCUT2D eigenvalue weighted by Gasteiger charge is 2.15. The van der Waals surface area contributed by atoms with Gasteiger partial charge in [-0.25, -0.2) is 4.98 Å². The Morgan fingerprint density at radius 3 is 2.62 bits per heavy atom. The molecule has 0 saturated heterocycles. The molecular weight excluding hydrogens is 324 g/mol. The van der Waals surface area contributed by atoms with E-state index in [0.717, 1.165) is 16.5 Å². The Bertz CT molecular complexity index is 878. The van der Waals surface area contributed by atoms with Gasteiger partial charge in [0, 0.05) is 22.0 Å². The smallest absolute Gasteiger partial charge is 0.252 e. The van der Waals surface area contributed by atoms with Crippen molar-refractivity contribution in [3.63, 3.8) is 0 Å². The monoisotopic (exact) mass is 340 g/mol. The second kappa shape index (κ2) is 6.99. The molecule has 1 aromatic heterocycles. The molecule has 5 heteroatoms. The lowest BCUT2D eigenvalue weighted by atomic mass is 10.0. The van der Waals surface area contributed by atoms with Crippen molar-refractivity contribution < 1.29 is 9.90 Å². The third-order valence-electron chi connectivity index (χ3n) is 3.75. The molecule has 1 unspecified atom stereocenters. The van der Waals surface area contributed by atoms with Crippen LogP contribution in [-0.4, -0.2) is 28.6 Å². The first-order valence-electron chi connectivity index (χ1n) is 7.66. The van der Waals surface area contributed by atoms with Crippen molar-refractivity contribution in [1.82, 2.24) is 10.3 Å². The lowest BCUT2D eigenvalue weighted by Gasteiger charge is -2.13. The van der Waals surface area contributed by atoms with E-state index >= 15 is 0 Å². The summed E-state index contributed by atoms with van der Waals surface area (Å²) < 4.78 is 0. The fourth-order valence-electron chi connectivity index (χ4n) is 2.48. The van der Waals surface area contributed by atoms with Gasteiger partial charge in [0.2, 0.25) is 0 Å². The van der Waals surface area contributed by atoms with Crippen LogP contribution >= 0.6 is 11.6 Å². The summed E-state index contributed by atoms with van der Waals surface area (Å²) in [4.78, 5) is 17.2. The maximum atomic E-state index is 12.6. The Labute approximate surface area is 145 Å². The number of pyridine rings is 1. The molecule has 122 valence electrons. The average Bonchev–Trinajstić information content (AvgIpc) is 2.61. The number of hydrogen-bond acceptors (Lipinski definition) is 3. The summed E-state index contributed by atoms with van der Waals surface area (Å²) in [5.41, 5.74) is 2.86. The number of carbonyl (C=O) groups excluding carboxylic acids is 1. The van der Waals surface area contributed by atoms with Gasteiger partial charge in [-0.2, -0.15) is 0 Å². The van der Waals surface area contributed by atoms with Crippen LogP contribution in [0.4, 0.5) is 0 Å². The van der Waals surface area contributed by atoms with Crippen LogP contribution in [-0.2, 0) is 0 Å². The van der Waals surface area contributed by atoms with Gasteiger partial charge in [-0.05, 0) is 31.2 Å². The van der Waals surface area contributed by atoms with E-state index in [1.807, 2.05) is 36.4 Å². The summed E-state index contributed by atoms with van der Waals surface area (Å²) >= 11 is 5.94. The first-order valence-corrected chi connectivity index (χ1v) is 8.03. The Kier molecular flexibility index (Phi) is 4.79. The number of nitrogens with one attached hydrogen (secondary N) is 1. The summed E-state index contributed by atoms with van der Waals surface area (Å²) in [6.07, 6.45) is 0. The standard InChI is InChI=1S/C19H17ClN2O2/c1-12(11-23)21-19(24)16-10-18(13-6-8-14(20)9-7-13)22-17-5-3-2-4-15(16)17/h2-10,12,23H,11H2,1H3,(H,21,24). The van der Waals surface area contributed by atoms with Crippen LogP contribution < -0.4 is 5.32 Å². The molecule has 0 fully saturated rings. The van der Waals surface area contributed by atoms with E-state index in [1.54, 1.807) is 25.1 Å². The van der Waals surface area contributed by atoms with Gasteiger partial charge < -0.3 is 10.4 Å². The van der Waals surface area contributed by atoms with Crippen LogP contribution in [0.2, 0.25) is 5.02 Å². The summed E-state index contributed by atoms with van der Waals surface area (Å²) in [7, 11) is 0. The van der Waals surface area contributed by atoms with Crippen molar-refractivity contribution in [1.29, 1.82) is 0 Å². The van der Waals surface area contributed by atoms with E-state index in [2.05, 4.69) is 10.3 Å². The lowest BCUT2D eigenvalue weighted by molar-refractivity contribution is 0.0924. The van der Waals surface area contributed by atoms with Crippen LogP contribution in [0, 0.1) is 0 Å². The molecule has 0 bridgehead atoms. The largest absolute Gasteiger partial charge is 0.394 e. The SMILES string of the molecule is CC(CO)NC(=O)c1cc(-c2ccc(Cl)cc2)nc2ccccc12. The molecule has 0 spiro atoms. The number of aliphatic hydroxyl groups is 1. The maximum absolute atomic E-state index is 12.6. The van der Waals surface area contributed by atoms with E-state index in [9.17, 15) is 4.79 Å². The second-order valence-corrected chi connectivity index (χ2v) is 6.07. The van der Waals surface area contributed by atoms with Crippen molar-refractivity contribution >= 4 is 28.4 Å². The average molecular weight is 341 g/mol. The fraction of sp³-hybridized carbons (Fsp3) is 0.158. The number of rotatable bonds is 4. The highest BCUT2D eigenvalue weighted by atomic mass is 35.5. The number of para-hydroxylation sites is 1. The molecule has 0 aliphatic heterocycles. The van der Waals surface area contributed by atoms with Gasteiger partial charge in [0.25, 0.3) is 5.91 Å². The van der Waals surface area contributed by atoms with Crippen LogP contribution in [0.25, 0.3) is 22.2 Å². The third kappa shape index (κ3) is 3.40. The number of carbonyl (C=O) groups is 1. The predicted molar refractivity (Wildman–Crippen MR) is 96.2 cm³/mol. The zero-order chi connectivity index (χ0) is 17.1. The molecule has 3 aromatic rings. The lowest BCUT2D eigenvalue weighted by Crippen LogP contribution is -2.35. The van der Waals surface area contributed by atoms with Gasteiger partial charge in [0.15, 0.2) is 0 Å². The molecule has 1 heterocycles. The quantitative estimate of drug-likeness (QED) is 0.761. The van der Waals surface area contributed by atoms with Gasteiger partial charge in [0.05, 0.1) is 23.4 Å². The Hall–Kier alpha value is -2.43. The number of halogens is 1. The molecule has 0 aliphatic rings. The number of nitrogens with zero attached hydrogens (tertiary/aromatic N) is 1. The van der Waals surface area contributed by atoms with Crippen LogP contribution in [0.5, 0.6) is 0 Å². The van der Waals surface area contributed by atoms with Crippen molar-refractivity contribution in [2.45, 2.75) is 13.0 Å². The molecule has 1 atom stereocenters. The van der Waals surface area contributed by atoms with E-state index in [0.29, 0.717) is 16.3 Å². The molecule has 0 saturated carbocycles. The van der Waals surface area contributed by atoms with E-state index in [1.165, 1.54) is 0 Å². The molecule has 3 rings (SSSR count). The minimum atomic E-state index is -0.316.